The highest BCUT2D eigenvalue weighted by Gasteiger charge is 2.19. The van der Waals surface area contributed by atoms with Gasteiger partial charge in [-0.3, -0.25) is 0 Å². The fraction of sp³-hybridized carbons (Fsp3) is 0.286. The van der Waals surface area contributed by atoms with Gasteiger partial charge in [0.05, 0.1) is 5.69 Å². The zero-order chi connectivity index (χ0) is 22.4. The molecule has 2 rings (SSSR count). The van der Waals surface area contributed by atoms with Crippen LogP contribution in [0.25, 0.3) is 42.2 Å². The monoisotopic (exact) mass is 400 g/mol. The van der Waals surface area contributed by atoms with Crippen LogP contribution in [0, 0.1) is 13.8 Å². The first kappa shape index (κ1) is 23.3. The summed E-state index contributed by atoms with van der Waals surface area (Å²) in [4.78, 5) is 0. The topological polar surface area (TPSA) is 9.86 Å². The highest BCUT2D eigenvalue weighted by Crippen LogP contribution is 2.33. The van der Waals surface area contributed by atoms with Crippen LogP contribution in [0.2, 0.25) is 0 Å². The van der Waals surface area contributed by atoms with Crippen molar-refractivity contribution >= 4 is 42.2 Å². The summed E-state index contributed by atoms with van der Waals surface area (Å²) in [6.45, 7) is 20.9. The van der Waals surface area contributed by atoms with Crippen molar-refractivity contribution in [2.45, 2.75) is 48.0 Å². The van der Waals surface area contributed by atoms with E-state index in [4.69, 9.17) is 0 Å². The number of rotatable bonds is 8. The van der Waals surface area contributed by atoms with Crippen molar-refractivity contribution in [3.05, 3.63) is 76.4 Å². The van der Waals surface area contributed by atoms with E-state index in [0.29, 0.717) is 0 Å². The first-order valence-electron chi connectivity index (χ1n) is 10.7. The van der Waals surface area contributed by atoms with E-state index in [1.54, 1.807) is 0 Å². The van der Waals surface area contributed by atoms with Crippen LogP contribution in [-0.2, 0) is 7.05 Å². The number of allylic oxidation sites excluding steroid dienone is 4. The maximum absolute atomic E-state index is 4.08. The molecule has 0 fully saturated rings. The second-order valence-electron chi connectivity index (χ2n) is 7.41. The lowest BCUT2D eigenvalue weighted by Crippen LogP contribution is -2.02. The molecule has 2 aromatic heterocycles. The molecule has 0 spiro atoms. The molecule has 0 saturated heterocycles. The summed E-state index contributed by atoms with van der Waals surface area (Å²) in [7, 11) is 2.11. The Morgan fingerprint density at radius 3 is 1.80 bits per heavy atom. The molecule has 0 atom stereocenters. The molecule has 0 aliphatic heterocycles. The summed E-state index contributed by atoms with van der Waals surface area (Å²) in [6, 6.07) is 0. The Morgan fingerprint density at radius 2 is 1.30 bits per heavy atom. The summed E-state index contributed by atoms with van der Waals surface area (Å²) in [5.74, 6) is 0. The minimum Gasteiger partial charge on any atom is -0.344 e. The number of hydrogen-bond acceptors (Lipinski definition) is 0. The Hall–Kier alpha value is -3.00. The standard InChI is InChI=1S/C28H36N2/c1-10-16-26-21(8)24(25(15-6)29(26)9)19-22(13-4)30-27(17-11-2)20(7)23(14-5)28(30)18-12-3/h10-12,14-19H,5-6,13H2,1-4,7-9H3/b16-10-,17-11-,18-12-,22-19+. The Kier molecular flexibility index (Phi) is 7.88. The van der Waals surface area contributed by atoms with Crippen LogP contribution in [-0.4, -0.2) is 9.13 Å². The van der Waals surface area contributed by atoms with Crippen molar-refractivity contribution in [2.75, 3.05) is 0 Å². The molecule has 2 heterocycles. The van der Waals surface area contributed by atoms with E-state index in [-0.39, 0.29) is 0 Å². The van der Waals surface area contributed by atoms with E-state index in [1.807, 2.05) is 12.2 Å². The van der Waals surface area contributed by atoms with E-state index < -0.39 is 0 Å². The first-order valence-corrected chi connectivity index (χ1v) is 10.7. The van der Waals surface area contributed by atoms with Crippen LogP contribution in [0.1, 0.15) is 79.1 Å². The molecule has 2 heteroatoms. The molecular weight excluding hydrogens is 364 g/mol. The number of hydrogen-bond donors (Lipinski definition) is 0. The third-order valence-corrected chi connectivity index (χ3v) is 5.66. The van der Waals surface area contributed by atoms with Gasteiger partial charge in [0.15, 0.2) is 0 Å². The van der Waals surface area contributed by atoms with Crippen LogP contribution < -0.4 is 0 Å². The molecule has 2 aromatic rings. The second-order valence-corrected chi connectivity index (χ2v) is 7.41. The zero-order valence-corrected chi connectivity index (χ0v) is 19.7. The minimum absolute atomic E-state index is 0.906. The second kappa shape index (κ2) is 10.2. The maximum atomic E-state index is 4.08. The summed E-state index contributed by atoms with van der Waals surface area (Å²) < 4.78 is 4.60. The molecule has 0 unspecified atom stereocenters. The minimum atomic E-state index is 0.906. The van der Waals surface area contributed by atoms with Gasteiger partial charge in [-0.2, -0.15) is 0 Å². The molecule has 0 amide bonds. The van der Waals surface area contributed by atoms with Crippen LogP contribution in [0.15, 0.2) is 31.4 Å². The quantitative estimate of drug-likeness (QED) is 0.422. The molecule has 0 N–H and O–H groups in total. The predicted molar refractivity (Wildman–Crippen MR) is 138 cm³/mol. The van der Waals surface area contributed by atoms with Gasteiger partial charge in [-0.15, -0.1) is 0 Å². The van der Waals surface area contributed by atoms with Gasteiger partial charge in [-0.1, -0.05) is 44.4 Å². The van der Waals surface area contributed by atoms with Gasteiger partial charge in [-0.25, -0.2) is 0 Å². The average molecular weight is 401 g/mol. The van der Waals surface area contributed by atoms with Crippen molar-refractivity contribution in [3.63, 3.8) is 0 Å². The van der Waals surface area contributed by atoms with Crippen molar-refractivity contribution in [3.8, 4) is 0 Å². The van der Waals surface area contributed by atoms with Crippen LogP contribution in [0.4, 0.5) is 0 Å². The van der Waals surface area contributed by atoms with Crippen LogP contribution in [0.3, 0.4) is 0 Å². The summed E-state index contributed by atoms with van der Waals surface area (Å²) >= 11 is 0. The van der Waals surface area contributed by atoms with Gasteiger partial charge >= 0.3 is 0 Å². The Balaban J connectivity index is 2.94. The zero-order valence-electron chi connectivity index (χ0n) is 19.7. The highest BCUT2D eigenvalue weighted by atomic mass is 15.0. The summed E-state index contributed by atoms with van der Waals surface area (Å²) in [5, 5.41) is 0. The lowest BCUT2D eigenvalue weighted by Gasteiger charge is -2.15. The predicted octanol–water partition coefficient (Wildman–Crippen LogP) is 8.24. The van der Waals surface area contributed by atoms with E-state index in [1.165, 1.54) is 45.0 Å². The Labute approximate surface area is 182 Å². The SMILES string of the molecule is C=Cc1c(C)c(/C=C\C)n(/C(=C/c2c(C)c(/C=C\C)n(C)c2C=C)CC)c1/C=C\C. The molecule has 0 aliphatic rings. The molecule has 0 bridgehead atoms. The van der Waals surface area contributed by atoms with Gasteiger partial charge in [0.1, 0.15) is 0 Å². The molecular formula is C28H36N2. The molecule has 30 heavy (non-hydrogen) atoms. The van der Waals surface area contributed by atoms with Gasteiger partial charge in [-0.05, 0) is 82.5 Å². The van der Waals surface area contributed by atoms with Crippen molar-refractivity contribution in [2.24, 2.45) is 7.05 Å². The molecule has 2 nitrogen and oxygen atoms in total. The Bertz CT molecular complexity index is 1060. The van der Waals surface area contributed by atoms with Crippen molar-refractivity contribution in [1.29, 1.82) is 0 Å². The highest BCUT2D eigenvalue weighted by molar-refractivity contribution is 5.84. The normalized spacial score (nSPS) is 12.7. The van der Waals surface area contributed by atoms with Crippen LogP contribution in [0.5, 0.6) is 0 Å². The molecule has 0 aliphatic carbocycles. The van der Waals surface area contributed by atoms with Crippen molar-refractivity contribution < 1.29 is 0 Å². The van der Waals surface area contributed by atoms with E-state index in [0.717, 1.165) is 12.1 Å². The Morgan fingerprint density at radius 1 is 0.767 bits per heavy atom. The lowest BCUT2D eigenvalue weighted by atomic mass is 10.1. The summed E-state index contributed by atoms with van der Waals surface area (Å²) in [6.07, 6.45) is 20.0. The molecule has 0 aromatic carbocycles. The third kappa shape index (κ3) is 4.00. The van der Waals surface area contributed by atoms with Gasteiger partial charge < -0.3 is 9.13 Å². The molecule has 158 valence electrons. The van der Waals surface area contributed by atoms with E-state index in [2.05, 4.69) is 113 Å². The summed E-state index contributed by atoms with van der Waals surface area (Å²) in [5.41, 5.74) is 10.9. The van der Waals surface area contributed by atoms with E-state index >= 15 is 0 Å². The first-order chi connectivity index (χ1) is 14.4. The fourth-order valence-electron chi connectivity index (χ4n) is 4.20. The van der Waals surface area contributed by atoms with E-state index in [9.17, 15) is 0 Å². The van der Waals surface area contributed by atoms with Gasteiger partial charge in [0.2, 0.25) is 0 Å². The van der Waals surface area contributed by atoms with Gasteiger partial charge in [0.25, 0.3) is 0 Å². The van der Waals surface area contributed by atoms with Crippen LogP contribution >= 0.6 is 0 Å². The number of nitrogens with zero attached hydrogens (tertiary/aromatic N) is 2. The molecule has 0 saturated carbocycles. The maximum Gasteiger partial charge on any atom is 0.0530 e. The lowest BCUT2D eigenvalue weighted by molar-refractivity contribution is 0.898. The molecule has 0 radical (unpaired) electrons. The van der Waals surface area contributed by atoms with Gasteiger partial charge in [0, 0.05) is 41.0 Å². The average Bonchev–Trinajstić information content (AvgIpc) is 3.12. The number of aromatic nitrogens is 2. The smallest absolute Gasteiger partial charge is 0.0530 e. The van der Waals surface area contributed by atoms with Crippen molar-refractivity contribution in [1.82, 2.24) is 9.13 Å². The third-order valence-electron chi connectivity index (χ3n) is 5.66. The fourth-order valence-corrected chi connectivity index (χ4v) is 4.20. The largest absolute Gasteiger partial charge is 0.344 e.